The second-order valence-electron chi connectivity index (χ2n) is 5.15. The molecule has 0 fully saturated rings. The maximum absolute atomic E-state index is 13.9. The molecule has 2 rings (SSSR count). The van der Waals surface area contributed by atoms with Gasteiger partial charge in [-0.25, -0.2) is 4.39 Å². The van der Waals surface area contributed by atoms with E-state index in [0.29, 0.717) is 11.3 Å². The molecule has 2 aromatic carbocycles. The number of halogens is 1. The van der Waals surface area contributed by atoms with E-state index in [9.17, 15) is 14.3 Å². The molecular formula is C19H18FO6-. The van der Waals surface area contributed by atoms with Gasteiger partial charge >= 0.3 is 0 Å². The summed E-state index contributed by atoms with van der Waals surface area (Å²) in [7, 11) is 5.62. The summed E-state index contributed by atoms with van der Waals surface area (Å²) >= 11 is 0. The van der Waals surface area contributed by atoms with Crippen molar-refractivity contribution < 1.29 is 33.2 Å². The molecule has 0 saturated heterocycles. The fraction of sp³-hybridized carbons (Fsp3) is 0.211. The SMILES string of the molecule is COc1ccc(/C=C(/C(=O)[O-])c2cc(OC)c(OC)c(OC)c2)cc1F. The van der Waals surface area contributed by atoms with Gasteiger partial charge in [-0.1, -0.05) is 6.07 Å². The van der Waals surface area contributed by atoms with E-state index in [1.165, 1.54) is 64.8 Å². The molecule has 0 unspecified atom stereocenters. The Morgan fingerprint density at radius 2 is 1.50 bits per heavy atom. The van der Waals surface area contributed by atoms with Gasteiger partial charge in [0.2, 0.25) is 5.75 Å². The van der Waals surface area contributed by atoms with Gasteiger partial charge in [-0.05, 0) is 41.5 Å². The lowest BCUT2D eigenvalue weighted by molar-refractivity contribution is -0.295. The molecule has 0 aliphatic carbocycles. The number of carbonyl (C=O) groups is 1. The average Bonchev–Trinajstić information content (AvgIpc) is 2.64. The summed E-state index contributed by atoms with van der Waals surface area (Å²) in [5.74, 6) is -1.08. The van der Waals surface area contributed by atoms with E-state index in [0.717, 1.165) is 0 Å². The van der Waals surface area contributed by atoms with Crippen LogP contribution < -0.4 is 24.1 Å². The van der Waals surface area contributed by atoms with Crippen molar-refractivity contribution in [2.75, 3.05) is 28.4 Å². The number of hydrogen-bond acceptors (Lipinski definition) is 6. The molecule has 2 aromatic rings. The van der Waals surface area contributed by atoms with Crippen molar-refractivity contribution >= 4 is 17.6 Å². The van der Waals surface area contributed by atoms with Crippen molar-refractivity contribution in [2.24, 2.45) is 0 Å². The summed E-state index contributed by atoms with van der Waals surface area (Å²) in [6.45, 7) is 0. The Hall–Kier alpha value is -3.22. The average molecular weight is 361 g/mol. The highest BCUT2D eigenvalue weighted by atomic mass is 19.1. The van der Waals surface area contributed by atoms with Crippen LogP contribution in [0.4, 0.5) is 4.39 Å². The van der Waals surface area contributed by atoms with Gasteiger partial charge in [-0.3, -0.25) is 0 Å². The zero-order valence-electron chi connectivity index (χ0n) is 14.8. The quantitative estimate of drug-likeness (QED) is 0.556. The van der Waals surface area contributed by atoms with E-state index in [1.54, 1.807) is 0 Å². The minimum atomic E-state index is -1.43. The zero-order chi connectivity index (χ0) is 19.3. The van der Waals surface area contributed by atoms with Crippen LogP contribution in [0.25, 0.3) is 11.6 Å². The number of ether oxygens (including phenoxy) is 4. The van der Waals surface area contributed by atoms with Crippen LogP contribution in [0.2, 0.25) is 0 Å². The molecule has 0 N–H and O–H groups in total. The number of rotatable bonds is 7. The van der Waals surface area contributed by atoms with Crippen molar-refractivity contribution in [3.63, 3.8) is 0 Å². The van der Waals surface area contributed by atoms with Crippen LogP contribution in [0.3, 0.4) is 0 Å². The lowest BCUT2D eigenvalue weighted by Crippen LogP contribution is -2.23. The maximum atomic E-state index is 13.9. The van der Waals surface area contributed by atoms with Crippen molar-refractivity contribution in [3.05, 3.63) is 47.3 Å². The number of carboxylic acids is 1. The van der Waals surface area contributed by atoms with E-state index in [1.807, 2.05) is 0 Å². The van der Waals surface area contributed by atoms with Crippen LogP contribution in [-0.4, -0.2) is 34.4 Å². The molecule has 0 spiro atoms. The second kappa shape index (κ2) is 8.24. The van der Waals surface area contributed by atoms with Gasteiger partial charge in [-0.15, -0.1) is 0 Å². The normalized spacial score (nSPS) is 11.0. The van der Waals surface area contributed by atoms with Gasteiger partial charge in [0.1, 0.15) is 0 Å². The highest BCUT2D eigenvalue weighted by molar-refractivity contribution is 6.19. The molecule has 0 atom stereocenters. The third-order valence-electron chi connectivity index (χ3n) is 3.68. The second-order valence-corrected chi connectivity index (χ2v) is 5.15. The summed E-state index contributed by atoms with van der Waals surface area (Å²) in [5.41, 5.74) is 0.417. The van der Waals surface area contributed by atoms with Gasteiger partial charge in [0, 0.05) is 5.57 Å². The monoisotopic (exact) mass is 361 g/mol. The minimum absolute atomic E-state index is 0.0601. The first-order valence-electron chi connectivity index (χ1n) is 7.52. The Morgan fingerprint density at radius 1 is 0.923 bits per heavy atom. The molecule has 0 aliphatic rings. The van der Waals surface area contributed by atoms with Gasteiger partial charge in [0.25, 0.3) is 0 Å². The largest absolute Gasteiger partial charge is 0.545 e. The van der Waals surface area contributed by atoms with E-state index in [4.69, 9.17) is 18.9 Å². The predicted molar refractivity (Wildman–Crippen MR) is 91.9 cm³/mol. The Bertz CT molecular complexity index is 819. The molecule has 7 heteroatoms. The topological polar surface area (TPSA) is 77.1 Å². The standard InChI is InChI=1S/C19H19FO6/c1-23-15-6-5-11(8-14(15)20)7-13(19(21)22)12-9-16(24-2)18(26-4)17(10-12)25-3/h5-10H,1-4H3,(H,21,22)/p-1/b13-7+. The van der Waals surface area contributed by atoms with Crippen LogP contribution in [0.1, 0.15) is 11.1 Å². The van der Waals surface area contributed by atoms with Crippen molar-refractivity contribution in [1.29, 1.82) is 0 Å². The fourth-order valence-corrected chi connectivity index (χ4v) is 2.44. The van der Waals surface area contributed by atoms with E-state index in [2.05, 4.69) is 0 Å². The van der Waals surface area contributed by atoms with Gasteiger partial charge in [0.15, 0.2) is 23.1 Å². The van der Waals surface area contributed by atoms with Crippen LogP contribution in [0, 0.1) is 5.82 Å². The maximum Gasteiger partial charge on any atom is 0.203 e. The number of aliphatic carboxylic acids is 1. The summed E-state index contributed by atoms with van der Waals surface area (Å²) in [5, 5.41) is 11.7. The Kier molecular flexibility index (Phi) is 6.06. The van der Waals surface area contributed by atoms with Crippen LogP contribution >= 0.6 is 0 Å². The summed E-state index contributed by atoms with van der Waals surface area (Å²) < 4.78 is 34.4. The number of carboxylic acid groups (broad SMARTS) is 1. The molecule has 138 valence electrons. The smallest absolute Gasteiger partial charge is 0.203 e. The molecule has 0 amide bonds. The number of benzene rings is 2. The Morgan fingerprint density at radius 3 is 1.92 bits per heavy atom. The minimum Gasteiger partial charge on any atom is -0.545 e. The van der Waals surface area contributed by atoms with E-state index >= 15 is 0 Å². The molecule has 0 radical (unpaired) electrons. The fourth-order valence-electron chi connectivity index (χ4n) is 2.44. The summed E-state index contributed by atoms with van der Waals surface area (Å²) in [6.07, 6.45) is 1.29. The molecule has 0 bridgehead atoms. The predicted octanol–water partition coefficient (Wildman–Crippen LogP) is 2.15. The van der Waals surface area contributed by atoms with Crippen molar-refractivity contribution in [1.82, 2.24) is 0 Å². The van der Waals surface area contributed by atoms with Gasteiger partial charge in [-0.2, -0.15) is 0 Å². The number of carbonyl (C=O) groups excluding carboxylic acids is 1. The Balaban J connectivity index is 2.60. The third kappa shape index (κ3) is 3.88. The summed E-state index contributed by atoms with van der Waals surface area (Å²) in [6, 6.07) is 7.05. The molecule has 6 nitrogen and oxygen atoms in total. The molecule has 0 heterocycles. The van der Waals surface area contributed by atoms with Crippen LogP contribution in [0.5, 0.6) is 23.0 Å². The highest BCUT2D eigenvalue weighted by Gasteiger charge is 2.16. The van der Waals surface area contributed by atoms with E-state index in [-0.39, 0.29) is 28.4 Å². The van der Waals surface area contributed by atoms with Crippen LogP contribution in [-0.2, 0) is 4.79 Å². The summed E-state index contributed by atoms with van der Waals surface area (Å²) in [4.78, 5) is 11.7. The first-order valence-corrected chi connectivity index (χ1v) is 7.52. The van der Waals surface area contributed by atoms with Crippen molar-refractivity contribution in [2.45, 2.75) is 0 Å². The molecule has 0 saturated carbocycles. The number of methoxy groups -OCH3 is 4. The van der Waals surface area contributed by atoms with Gasteiger partial charge in [0.05, 0.1) is 34.4 Å². The Labute approximate surface area is 150 Å². The van der Waals surface area contributed by atoms with E-state index < -0.39 is 11.8 Å². The van der Waals surface area contributed by atoms with Crippen LogP contribution in [0.15, 0.2) is 30.3 Å². The lowest BCUT2D eigenvalue weighted by atomic mass is 10.0. The first-order chi connectivity index (χ1) is 12.4. The highest BCUT2D eigenvalue weighted by Crippen LogP contribution is 2.40. The molecule has 26 heavy (non-hydrogen) atoms. The molecule has 0 aliphatic heterocycles. The lowest BCUT2D eigenvalue weighted by Gasteiger charge is -2.16. The molecule has 0 aromatic heterocycles. The zero-order valence-corrected chi connectivity index (χ0v) is 14.8. The van der Waals surface area contributed by atoms with Crippen molar-refractivity contribution in [3.8, 4) is 23.0 Å². The third-order valence-corrected chi connectivity index (χ3v) is 3.68. The molecular weight excluding hydrogens is 343 g/mol. The van der Waals surface area contributed by atoms with Gasteiger partial charge < -0.3 is 28.8 Å². The first kappa shape index (κ1) is 19.1. The number of hydrogen-bond donors (Lipinski definition) is 0.